The Hall–Kier alpha value is -3.42. The van der Waals surface area contributed by atoms with Crippen LogP contribution in [0, 0.1) is 0 Å². The maximum atomic E-state index is 4.67. The van der Waals surface area contributed by atoms with Crippen molar-refractivity contribution in [3.8, 4) is 0 Å². The minimum Gasteiger partial charge on any atom is -0.361 e. The number of imidazole rings is 1. The minimum absolute atomic E-state index is 0.235. The molecule has 0 radical (unpaired) electrons. The molecule has 0 aliphatic heterocycles. The first-order valence-corrected chi connectivity index (χ1v) is 8.57. The van der Waals surface area contributed by atoms with E-state index in [4.69, 9.17) is 0 Å². The highest BCUT2D eigenvalue weighted by Gasteiger charge is 2.23. The van der Waals surface area contributed by atoms with Gasteiger partial charge in [0, 0.05) is 13.2 Å². The molecular weight excluding hydrogens is 328 g/mol. The number of fused-ring (bicyclic) bond motifs is 2. The number of H-pyrrole nitrogens is 1. The second-order valence-electron chi connectivity index (χ2n) is 6.46. The van der Waals surface area contributed by atoms with E-state index in [0.29, 0.717) is 11.6 Å². The molecule has 4 aromatic rings. The molecule has 130 valence electrons. The monoisotopic (exact) mass is 346 g/mol. The Balaban J connectivity index is 1.50. The first-order valence-electron chi connectivity index (χ1n) is 8.57. The molecule has 8 heteroatoms. The van der Waals surface area contributed by atoms with Gasteiger partial charge in [0.05, 0.1) is 24.3 Å². The van der Waals surface area contributed by atoms with Gasteiger partial charge in [0.1, 0.15) is 5.52 Å². The summed E-state index contributed by atoms with van der Waals surface area (Å²) in [4.78, 5) is 16.6. The van der Waals surface area contributed by atoms with Crippen LogP contribution in [0.4, 0.5) is 17.5 Å². The number of nitrogens with one attached hydrogen (secondary N) is 3. The zero-order valence-electron chi connectivity index (χ0n) is 14.3. The van der Waals surface area contributed by atoms with Crippen LogP contribution in [0.25, 0.3) is 11.2 Å². The van der Waals surface area contributed by atoms with E-state index in [0.717, 1.165) is 29.9 Å². The number of hydrogen-bond acceptors (Lipinski definition) is 6. The summed E-state index contributed by atoms with van der Waals surface area (Å²) in [6, 6.07) is 8.78. The summed E-state index contributed by atoms with van der Waals surface area (Å²) in [5, 5.41) is 10.9. The summed E-state index contributed by atoms with van der Waals surface area (Å²) in [5.41, 5.74) is 5.00. The van der Waals surface area contributed by atoms with E-state index >= 15 is 0 Å². The highest BCUT2D eigenvalue weighted by Crippen LogP contribution is 2.34. The van der Waals surface area contributed by atoms with Gasteiger partial charge in [0.25, 0.3) is 0 Å². The third-order valence-corrected chi connectivity index (χ3v) is 4.69. The largest absolute Gasteiger partial charge is 0.361 e. The van der Waals surface area contributed by atoms with Crippen LogP contribution >= 0.6 is 0 Å². The fraction of sp³-hybridized carbons (Fsp3) is 0.222. The molecule has 1 aliphatic rings. The van der Waals surface area contributed by atoms with Gasteiger partial charge < -0.3 is 15.6 Å². The van der Waals surface area contributed by atoms with Gasteiger partial charge in [-0.15, -0.1) is 0 Å². The van der Waals surface area contributed by atoms with Gasteiger partial charge in [-0.1, -0.05) is 24.3 Å². The number of benzene rings is 1. The third kappa shape index (κ3) is 2.55. The maximum absolute atomic E-state index is 4.67. The Labute approximate surface area is 149 Å². The van der Waals surface area contributed by atoms with E-state index in [1.807, 2.05) is 13.2 Å². The highest BCUT2D eigenvalue weighted by molar-refractivity contribution is 5.84. The van der Waals surface area contributed by atoms with Crippen molar-refractivity contribution in [2.45, 2.75) is 18.9 Å². The Kier molecular flexibility index (Phi) is 3.34. The van der Waals surface area contributed by atoms with E-state index in [9.17, 15) is 0 Å². The van der Waals surface area contributed by atoms with E-state index in [-0.39, 0.29) is 6.04 Å². The van der Waals surface area contributed by atoms with Gasteiger partial charge in [-0.2, -0.15) is 15.1 Å². The molecule has 0 fully saturated rings. The van der Waals surface area contributed by atoms with Crippen molar-refractivity contribution in [2.24, 2.45) is 7.05 Å². The van der Waals surface area contributed by atoms with Gasteiger partial charge >= 0.3 is 0 Å². The Morgan fingerprint density at radius 2 is 2.15 bits per heavy atom. The summed E-state index contributed by atoms with van der Waals surface area (Å²) in [6.07, 6.45) is 7.37. The van der Waals surface area contributed by atoms with Crippen LogP contribution in [0.2, 0.25) is 0 Å². The van der Waals surface area contributed by atoms with Gasteiger partial charge in [0.15, 0.2) is 11.5 Å². The second kappa shape index (κ2) is 5.83. The number of hydrogen-bond donors (Lipinski definition) is 3. The molecule has 1 aliphatic carbocycles. The van der Waals surface area contributed by atoms with Crippen LogP contribution < -0.4 is 10.6 Å². The average Bonchev–Trinajstić information content (AvgIpc) is 3.36. The van der Waals surface area contributed by atoms with Crippen molar-refractivity contribution >= 4 is 28.6 Å². The highest BCUT2D eigenvalue weighted by atomic mass is 15.3. The molecular formula is C18H18N8. The van der Waals surface area contributed by atoms with E-state index in [1.54, 1.807) is 17.2 Å². The van der Waals surface area contributed by atoms with Crippen molar-refractivity contribution < 1.29 is 0 Å². The first kappa shape index (κ1) is 14.9. The predicted molar refractivity (Wildman–Crippen MR) is 99.3 cm³/mol. The van der Waals surface area contributed by atoms with E-state index < -0.39 is 0 Å². The first-order chi connectivity index (χ1) is 12.8. The second-order valence-corrected chi connectivity index (χ2v) is 6.46. The molecule has 26 heavy (non-hydrogen) atoms. The normalized spacial score (nSPS) is 16.0. The molecule has 8 nitrogen and oxygen atoms in total. The quantitative estimate of drug-likeness (QED) is 0.526. The van der Waals surface area contributed by atoms with Crippen molar-refractivity contribution in [3.63, 3.8) is 0 Å². The predicted octanol–water partition coefficient (Wildman–Crippen LogP) is 2.93. The molecule has 0 amide bonds. The molecule has 0 saturated carbocycles. The fourth-order valence-electron chi connectivity index (χ4n) is 3.48. The molecule has 1 atom stereocenters. The van der Waals surface area contributed by atoms with Crippen molar-refractivity contribution in [1.29, 1.82) is 0 Å². The number of nitrogens with zero attached hydrogens (tertiary/aromatic N) is 5. The van der Waals surface area contributed by atoms with Gasteiger partial charge in [-0.05, 0) is 24.0 Å². The number of anilines is 3. The van der Waals surface area contributed by atoms with Crippen LogP contribution in [0.5, 0.6) is 0 Å². The van der Waals surface area contributed by atoms with Crippen LogP contribution in [-0.2, 0) is 13.5 Å². The summed E-state index contributed by atoms with van der Waals surface area (Å²) in [6.45, 7) is 0. The number of rotatable bonds is 4. The Morgan fingerprint density at radius 1 is 1.23 bits per heavy atom. The number of aromatic amines is 1. The molecule has 1 unspecified atom stereocenters. The van der Waals surface area contributed by atoms with Crippen LogP contribution in [0.15, 0.2) is 43.0 Å². The molecule has 0 spiro atoms. The summed E-state index contributed by atoms with van der Waals surface area (Å²) < 4.78 is 1.73. The maximum Gasteiger partial charge on any atom is 0.231 e. The van der Waals surface area contributed by atoms with Crippen LogP contribution in [0.3, 0.4) is 0 Å². The fourth-order valence-corrected chi connectivity index (χ4v) is 3.48. The van der Waals surface area contributed by atoms with Crippen LogP contribution in [0.1, 0.15) is 23.6 Å². The van der Waals surface area contributed by atoms with Crippen molar-refractivity contribution in [3.05, 3.63) is 54.1 Å². The van der Waals surface area contributed by atoms with Crippen LogP contribution in [-0.4, -0.2) is 29.7 Å². The molecule has 3 N–H and O–H groups in total. The van der Waals surface area contributed by atoms with E-state index in [1.165, 1.54) is 11.1 Å². The number of aromatic nitrogens is 6. The molecule has 3 heterocycles. The molecule has 1 aromatic carbocycles. The lowest BCUT2D eigenvalue weighted by atomic mass is 10.1. The Morgan fingerprint density at radius 3 is 3.04 bits per heavy atom. The third-order valence-electron chi connectivity index (χ3n) is 4.69. The standard InChI is InChI=1S/C18H18N8/c1-26-9-12(8-21-26)22-18-24-16-15(19-10-20-16)17(25-18)23-14-7-6-11-4-2-3-5-13(11)14/h2-5,8-10,14H,6-7H2,1H3,(H3,19,20,22,23,24,25). The zero-order chi connectivity index (χ0) is 17.5. The molecule has 0 saturated heterocycles. The minimum atomic E-state index is 0.235. The summed E-state index contributed by atoms with van der Waals surface area (Å²) in [7, 11) is 1.87. The lowest BCUT2D eigenvalue weighted by Crippen LogP contribution is -2.10. The Bertz CT molecular complexity index is 1080. The topological polar surface area (TPSA) is 96.3 Å². The average molecular weight is 346 g/mol. The van der Waals surface area contributed by atoms with Gasteiger partial charge in [-0.25, -0.2) is 4.98 Å². The lowest BCUT2D eigenvalue weighted by molar-refractivity contribution is 0.758. The zero-order valence-corrected chi connectivity index (χ0v) is 14.3. The van der Waals surface area contributed by atoms with Crippen molar-refractivity contribution in [1.82, 2.24) is 29.7 Å². The molecule has 5 rings (SSSR count). The van der Waals surface area contributed by atoms with Gasteiger partial charge in [-0.3, -0.25) is 4.68 Å². The molecule has 0 bridgehead atoms. The lowest BCUT2D eigenvalue weighted by Gasteiger charge is -2.16. The van der Waals surface area contributed by atoms with Crippen molar-refractivity contribution in [2.75, 3.05) is 10.6 Å². The van der Waals surface area contributed by atoms with E-state index in [2.05, 4.69) is 59.9 Å². The van der Waals surface area contributed by atoms with Gasteiger partial charge in [0.2, 0.25) is 5.95 Å². The smallest absolute Gasteiger partial charge is 0.231 e. The summed E-state index contributed by atoms with van der Waals surface area (Å²) in [5.74, 6) is 1.24. The SMILES string of the molecule is Cn1cc(Nc2nc(NC3CCc4ccccc43)c3[nH]cnc3n2)cn1. The summed E-state index contributed by atoms with van der Waals surface area (Å²) >= 11 is 0. The molecule has 3 aromatic heterocycles. The number of aryl methyl sites for hydroxylation is 2.